The van der Waals surface area contributed by atoms with Crippen molar-refractivity contribution in [1.29, 1.82) is 0 Å². The lowest BCUT2D eigenvalue weighted by Crippen LogP contribution is -2.56. The summed E-state index contributed by atoms with van der Waals surface area (Å²) in [4.78, 5) is 17.6. The summed E-state index contributed by atoms with van der Waals surface area (Å²) >= 11 is 0. The normalized spacial score (nSPS) is 21.4. The Morgan fingerprint density at radius 3 is 2.06 bits per heavy atom. The summed E-state index contributed by atoms with van der Waals surface area (Å²) in [6.07, 6.45) is 0. The van der Waals surface area contributed by atoms with Crippen LogP contribution in [0.5, 0.6) is 0 Å². The van der Waals surface area contributed by atoms with Gasteiger partial charge in [-0.15, -0.1) is 0 Å². The number of likely N-dealkylation sites (tertiary alicyclic amines) is 1. The first-order valence-corrected chi connectivity index (χ1v) is 12.7. The van der Waals surface area contributed by atoms with E-state index in [0.29, 0.717) is 19.6 Å². The monoisotopic (exact) mass is 488 g/mol. The zero-order valence-corrected chi connectivity index (χ0v) is 21.7. The third-order valence-corrected chi connectivity index (χ3v) is 6.79. The minimum absolute atomic E-state index is 0.00568. The fraction of sp³-hybridized carbons (Fsp3) is 0.387. The van der Waals surface area contributed by atoms with Crippen molar-refractivity contribution < 1.29 is 13.9 Å². The van der Waals surface area contributed by atoms with Crippen LogP contribution in [0.25, 0.3) is 0 Å². The van der Waals surface area contributed by atoms with Gasteiger partial charge in [0.1, 0.15) is 5.60 Å². The van der Waals surface area contributed by atoms with Gasteiger partial charge in [0.15, 0.2) is 0 Å². The highest BCUT2D eigenvalue weighted by Gasteiger charge is 2.57. The zero-order chi connectivity index (χ0) is 25.8. The Morgan fingerprint density at radius 1 is 0.972 bits per heavy atom. The molecule has 0 N–H and O–H groups in total. The standard InChI is InChI=1S/C31H37FN2O2/c1-24(27-18-12-7-13-19-27)34(21-26-16-10-6-11-17-26)28-22-33(20-25-14-8-5-9-15-25)23-31(28,32)29(35)36-30(2,3)4/h5-19,24,28H,20-23H2,1-4H3/t24-,28?,31-/m0/s1. The Balaban J connectivity index is 1.72. The van der Waals surface area contributed by atoms with Crippen molar-refractivity contribution >= 4 is 5.97 Å². The van der Waals surface area contributed by atoms with Gasteiger partial charge in [-0.05, 0) is 44.4 Å². The Hall–Kier alpha value is -3.02. The summed E-state index contributed by atoms with van der Waals surface area (Å²) in [6, 6.07) is 29.4. The highest BCUT2D eigenvalue weighted by Crippen LogP contribution is 2.38. The molecule has 0 aliphatic carbocycles. The first-order valence-electron chi connectivity index (χ1n) is 12.7. The molecule has 190 valence electrons. The van der Waals surface area contributed by atoms with Crippen LogP contribution in [0.3, 0.4) is 0 Å². The van der Waals surface area contributed by atoms with Crippen molar-refractivity contribution in [2.24, 2.45) is 0 Å². The number of rotatable bonds is 8. The number of carbonyl (C=O) groups excluding carboxylic acids is 1. The van der Waals surface area contributed by atoms with E-state index in [1.54, 1.807) is 20.8 Å². The molecule has 0 bridgehead atoms. The lowest BCUT2D eigenvalue weighted by molar-refractivity contribution is -0.173. The molecule has 1 aliphatic heterocycles. The molecule has 36 heavy (non-hydrogen) atoms. The van der Waals surface area contributed by atoms with Crippen molar-refractivity contribution in [3.63, 3.8) is 0 Å². The van der Waals surface area contributed by atoms with Gasteiger partial charge in [0.2, 0.25) is 5.67 Å². The molecule has 0 aromatic heterocycles. The van der Waals surface area contributed by atoms with Gasteiger partial charge in [-0.1, -0.05) is 91.0 Å². The maximum Gasteiger partial charge on any atom is 0.347 e. The van der Waals surface area contributed by atoms with E-state index in [-0.39, 0.29) is 12.6 Å². The molecule has 4 nitrogen and oxygen atoms in total. The topological polar surface area (TPSA) is 32.8 Å². The molecule has 1 fully saturated rings. The molecule has 1 aliphatic rings. The molecule has 4 rings (SSSR count). The van der Waals surface area contributed by atoms with Gasteiger partial charge in [0, 0.05) is 32.2 Å². The van der Waals surface area contributed by atoms with Crippen molar-refractivity contribution in [3.05, 3.63) is 108 Å². The fourth-order valence-corrected chi connectivity index (χ4v) is 5.01. The molecule has 0 amide bonds. The van der Waals surface area contributed by atoms with E-state index in [2.05, 4.69) is 36.1 Å². The summed E-state index contributed by atoms with van der Waals surface area (Å²) in [5.74, 6) is -0.783. The zero-order valence-electron chi connectivity index (χ0n) is 21.7. The van der Waals surface area contributed by atoms with Crippen molar-refractivity contribution in [3.8, 4) is 0 Å². The Kier molecular flexibility index (Phi) is 7.91. The van der Waals surface area contributed by atoms with E-state index in [9.17, 15) is 4.79 Å². The highest BCUT2D eigenvalue weighted by atomic mass is 19.1. The van der Waals surface area contributed by atoms with Crippen LogP contribution in [-0.4, -0.2) is 46.2 Å². The second kappa shape index (κ2) is 10.9. The van der Waals surface area contributed by atoms with Crippen LogP contribution in [-0.2, 0) is 22.6 Å². The number of nitrogens with zero attached hydrogens (tertiary/aromatic N) is 2. The molecule has 1 unspecified atom stereocenters. The molecular weight excluding hydrogens is 451 g/mol. The van der Waals surface area contributed by atoms with E-state index in [4.69, 9.17) is 4.74 Å². The molecule has 5 heteroatoms. The van der Waals surface area contributed by atoms with Gasteiger partial charge < -0.3 is 4.74 Å². The minimum atomic E-state index is -2.17. The second-order valence-electron chi connectivity index (χ2n) is 10.8. The summed E-state index contributed by atoms with van der Waals surface area (Å²) < 4.78 is 22.8. The molecule has 3 aromatic rings. The Morgan fingerprint density at radius 2 is 1.50 bits per heavy atom. The van der Waals surface area contributed by atoms with Crippen LogP contribution < -0.4 is 0 Å². The number of hydrogen-bond acceptors (Lipinski definition) is 4. The number of halogens is 1. The molecule has 0 spiro atoms. The average molecular weight is 489 g/mol. The van der Waals surface area contributed by atoms with Crippen LogP contribution in [0, 0.1) is 0 Å². The number of carbonyl (C=O) groups is 1. The van der Waals surface area contributed by atoms with Gasteiger partial charge in [-0.25, -0.2) is 9.18 Å². The van der Waals surface area contributed by atoms with E-state index in [1.165, 1.54) is 0 Å². The predicted octanol–water partition coefficient (Wildman–Crippen LogP) is 6.18. The lowest BCUT2D eigenvalue weighted by atomic mass is 9.94. The van der Waals surface area contributed by atoms with Gasteiger partial charge >= 0.3 is 5.97 Å². The molecule has 0 radical (unpaired) electrons. The third kappa shape index (κ3) is 6.21. The van der Waals surface area contributed by atoms with Gasteiger partial charge in [-0.2, -0.15) is 0 Å². The predicted molar refractivity (Wildman–Crippen MR) is 142 cm³/mol. The van der Waals surface area contributed by atoms with E-state index in [0.717, 1.165) is 16.7 Å². The van der Waals surface area contributed by atoms with Crippen LogP contribution >= 0.6 is 0 Å². The van der Waals surface area contributed by atoms with E-state index in [1.807, 2.05) is 71.6 Å². The second-order valence-corrected chi connectivity index (χ2v) is 10.8. The van der Waals surface area contributed by atoms with Crippen LogP contribution in [0.4, 0.5) is 4.39 Å². The highest BCUT2D eigenvalue weighted by molar-refractivity contribution is 5.82. The summed E-state index contributed by atoms with van der Waals surface area (Å²) in [6.45, 7) is 8.97. The maximum absolute atomic E-state index is 17.1. The molecule has 1 saturated heterocycles. The van der Waals surface area contributed by atoms with Gasteiger partial charge in [-0.3, -0.25) is 9.80 Å². The Labute approximate surface area is 214 Å². The SMILES string of the molecule is C[C@@H](c1ccccc1)N(Cc1ccccc1)C1CN(Cc2ccccc2)C[C@@]1(F)C(=O)OC(C)(C)C. The number of ether oxygens (including phenoxy) is 1. The van der Waals surface area contributed by atoms with Crippen molar-refractivity contribution in [2.75, 3.05) is 13.1 Å². The minimum Gasteiger partial charge on any atom is -0.458 e. The van der Waals surface area contributed by atoms with Crippen LogP contribution in [0.15, 0.2) is 91.0 Å². The average Bonchev–Trinajstić information content (AvgIpc) is 3.19. The lowest BCUT2D eigenvalue weighted by Gasteiger charge is -2.39. The van der Waals surface area contributed by atoms with E-state index < -0.39 is 23.3 Å². The Bertz CT molecular complexity index is 1120. The summed E-state index contributed by atoms with van der Waals surface area (Å²) in [5, 5.41) is 0. The number of alkyl halides is 1. The first-order chi connectivity index (χ1) is 17.2. The van der Waals surface area contributed by atoms with Crippen LogP contribution in [0.2, 0.25) is 0 Å². The number of esters is 1. The smallest absolute Gasteiger partial charge is 0.347 e. The van der Waals surface area contributed by atoms with Crippen molar-refractivity contribution in [1.82, 2.24) is 9.80 Å². The van der Waals surface area contributed by atoms with E-state index >= 15 is 4.39 Å². The largest absolute Gasteiger partial charge is 0.458 e. The van der Waals surface area contributed by atoms with Gasteiger partial charge in [0.05, 0.1) is 6.04 Å². The number of hydrogen-bond donors (Lipinski definition) is 0. The summed E-state index contributed by atoms with van der Waals surface area (Å²) in [7, 11) is 0. The maximum atomic E-state index is 17.1. The quantitative estimate of drug-likeness (QED) is 0.354. The molecule has 3 aromatic carbocycles. The van der Waals surface area contributed by atoms with Gasteiger partial charge in [0.25, 0.3) is 0 Å². The summed E-state index contributed by atoms with van der Waals surface area (Å²) in [5.41, 5.74) is 0.313. The third-order valence-electron chi connectivity index (χ3n) is 6.79. The number of benzene rings is 3. The molecule has 1 heterocycles. The molecular formula is C31H37FN2O2. The van der Waals surface area contributed by atoms with Crippen LogP contribution in [0.1, 0.15) is 50.4 Å². The van der Waals surface area contributed by atoms with Crippen molar-refractivity contribution in [2.45, 2.75) is 64.1 Å². The fourth-order valence-electron chi connectivity index (χ4n) is 5.01. The first kappa shape index (κ1) is 26.1. The molecule has 3 atom stereocenters. The molecule has 0 saturated carbocycles.